The number of aliphatic hydroxyl groups is 2. The lowest BCUT2D eigenvalue weighted by Crippen LogP contribution is -2.54. The van der Waals surface area contributed by atoms with Gasteiger partial charge in [-0.05, 0) is 32.1 Å². The summed E-state index contributed by atoms with van der Waals surface area (Å²) in [7, 11) is 0. The van der Waals surface area contributed by atoms with E-state index in [0.29, 0.717) is 44.6 Å². The van der Waals surface area contributed by atoms with E-state index in [1.54, 1.807) is 0 Å². The predicted molar refractivity (Wildman–Crippen MR) is 107 cm³/mol. The van der Waals surface area contributed by atoms with E-state index in [1.165, 1.54) is 4.90 Å². The highest BCUT2D eigenvalue weighted by molar-refractivity contribution is 6.06. The standard InChI is InChI=1S/C22H30N2O6/c1-2-3-4-10-30-23-16-11-17(25)20(26)18-14(16)7-8-15-19(18)22(28)24(21(15)27)12-13-6-5-9-29-13/h1,13-15,17-20,25-26H,3-12H2/t13-,14-,15+,17+,18+,19+,20-/m0/s1. The van der Waals surface area contributed by atoms with Gasteiger partial charge in [-0.1, -0.05) is 5.16 Å². The fourth-order valence-electron chi connectivity index (χ4n) is 5.58. The maximum absolute atomic E-state index is 13.3. The average Bonchev–Trinajstić information content (AvgIpc) is 3.34. The molecule has 0 aromatic carbocycles. The van der Waals surface area contributed by atoms with E-state index in [0.717, 1.165) is 12.8 Å². The number of hydrogen-bond acceptors (Lipinski definition) is 7. The number of oxime groups is 1. The molecule has 0 aromatic heterocycles. The van der Waals surface area contributed by atoms with Gasteiger partial charge in [0.25, 0.3) is 0 Å². The van der Waals surface area contributed by atoms with Crippen LogP contribution in [-0.4, -0.2) is 70.7 Å². The molecule has 4 rings (SSSR count). The lowest BCUT2D eigenvalue weighted by atomic mass is 9.60. The molecule has 2 saturated heterocycles. The molecule has 8 heteroatoms. The van der Waals surface area contributed by atoms with Gasteiger partial charge in [-0.3, -0.25) is 14.5 Å². The molecule has 164 valence electrons. The first-order chi connectivity index (χ1) is 14.5. The van der Waals surface area contributed by atoms with Crippen molar-refractivity contribution in [3.8, 4) is 12.3 Å². The third kappa shape index (κ3) is 3.86. The van der Waals surface area contributed by atoms with E-state index in [-0.39, 0.29) is 36.8 Å². The minimum Gasteiger partial charge on any atom is -0.396 e. The smallest absolute Gasteiger partial charge is 0.233 e. The van der Waals surface area contributed by atoms with Crippen molar-refractivity contribution in [3.63, 3.8) is 0 Å². The molecule has 2 aliphatic heterocycles. The molecule has 0 radical (unpaired) electrons. The number of aliphatic hydroxyl groups excluding tert-OH is 2. The number of likely N-dealkylation sites (tertiary alicyclic amines) is 1. The highest BCUT2D eigenvalue weighted by Crippen LogP contribution is 2.49. The van der Waals surface area contributed by atoms with E-state index in [2.05, 4.69) is 11.1 Å². The van der Waals surface area contributed by atoms with Crippen LogP contribution in [0.4, 0.5) is 0 Å². The Morgan fingerprint density at radius 1 is 1.20 bits per heavy atom. The number of carbonyl (C=O) groups excluding carboxylic acids is 2. The first-order valence-corrected chi connectivity index (χ1v) is 11.0. The SMILES string of the molecule is C#CCCCON=C1C[C@@H](O)[C@H](O)[C@H]2[C@@H]3C(=O)N(C[C@@H]4CCCO4)C(=O)[C@@H]3CC[C@@H]12. The first kappa shape index (κ1) is 21.3. The Morgan fingerprint density at radius 3 is 2.73 bits per heavy atom. The third-order valence-corrected chi connectivity index (χ3v) is 7.02. The van der Waals surface area contributed by atoms with Crippen LogP contribution in [0.15, 0.2) is 5.16 Å². The van der Waals surface area contributed by atoms with Gasteiger partial charge in [0.05, 0.1) is 42.4 Å². The summed E-state index contributed by atoms with van der Waals surface area (Å²) in [6.07, 6.45) is 7.49. The lowest BCUT2D eigenvalue weighted by Gasteiger charge is -2.45. The summed E-state index contributed by atoms with van der Waals surface area (Å²) in [5.74, 6) is 0.325. The summed E-state index contributed by atoms with van der Waals surface area (Å²) in [6, 6.07) is 0. The Bertz CT molecular complexity index is 740. The van der Waals surface area contributed by atoms with Gasteiger partial charge in [0.2, 0.25) is 11.8 Å². The van der Waals surface area contributed by atoms with E-state index >= 15 is 0 Å². The minimum atomic E-state index is -1.07. The maximum atomic E-state index is 13.3. The van der Waals surface area contributed by atoms with Gasteiger partial charge >= 0.3 is 0 Å². The van der Waals surface area contributed by atoms with Crippen molar-refractivity contribution in [2.24, 2.45) is 28.8 Å². The van der Waals surface area contributed by atoms with Gasteiger partial charge < -0.3 is 19.8 Å². The summed E-state index contributed by atoms with van der Waals surface area (Å²) in [5.41, 5.74) is 0.662. The largest absolute Gasteiger partial charge is 0.396 e. The first-order valence-electron chi connectivity index (χ1n) is 11.0. The topological polar surface area (TPSA) is 109 Å². The Hall–Kier alpha value is -1.95. The van der Waals surface area contributed by atoms with E-state index in [4.69, 9.17) is 16.0 Å². The van der Waals surface area contributed by atoms with Crippen molar-refractivity contribution in [2.45, 2.75) is 63.3 Å². The fourth-order valence-corrected chi connectivity index (χ4v) is 5.58. The van der Waals surface area contributed by atoms with Crippen LogP contribution in [-0.2, 0) is 19.2 Å². The normalized spacial score (nSPS) is 39.7. The maximum Gasteiger partial charge on any atom is 0.233 e. The van der Waals surface area contributed by atoms with Crippen molar-refractivity contribution in [1.82, 2.24) is 4.90 Å². The van der Waals surface area contributed by atoms with Crippen LogP contribution in [0, 0.1) is 36.0 Å². The molecule has 0 aromatic rings. The van der Waals surface area contributed by atoms with Crippen LogP contribution in [0.2, 0.25) is 0 Å². The minimum absolute atomic E-state index is 0.107. The third-order valence-electron chi connectivity index (χ3n) is 7.02. The quantitative estimate of drug-likeness (QED) is 0.285. The van der Waals surface area contributed by atoms with Gasteiger partial charge in [-0.25, -0.2) is 0 Å². The molecule has 2 N–H and O–H groups in total. The molecular formula is C22H30N2O6. The number of nitrogens with zero attached hydrogens (tertiary/aromatic N) is 2. The van der Waals surface area contributed by atoms with Crippen molar-refractivity contribution >= 4 is 17.5 Å². The molecule has 0 unspecified atom stereocenters. The van der Waals surface area contributed by atoms with Crippen LogP contribution in [0.25, 0.3) is 0 Å². The van der Waals surface area contributed by atoms with E-state index in [9.17, 15) is 19.8 Å². The molecule has 30 heavy (non-hydrogen) atoms. The Morgan fingerprint density at radius 2 is 2.00 bits per heavy atom. The van der Waals surface area contributed by atoms with Gasteiger partial charge in [-0.2, -0.15) is 0 Å². The van der Waals surface area contributed by atoms with Crippen molar-refractivity contribution in [3.05, 3.63) is 0 Å². The molecule has 0 bridgehead atoms. The number of hydrogen-bond donors (Lipinski definition) is 2. The van der Waals surface area contributed by atoms with Crippen LogP contribution in [0.3, 0.4) is 0 Å². The number of fused-ring (bicyclic) bond motifs is 3. The molecule has 4 aliphatic rings. The number of imide groups is 1. The molecule has 2 aliphatic carbocycles. The zero-order valence-corrected chi connectivity index (χ0v) is 17.1. The summed E-state index contributed by atoms with van der Waals surface area (Å²) in [6.45, 7) is 1.31. The van der Waals surface area contributed by atoms with Crippen molar-refractivity contribution < 1.29 is 29.4 Å². The molecule has 2 amide bonds. The zero-order chi connectivity index (χ0) is 21.3. The number of ether oxygens (including phenoxy) is 1. The van der Waals surface area contributed by atoms with Crippen LogP contribution in [0.5, 0.6) is 0 Å². The monoisotopic (exact) mass is 418 g/mol. The van der Waals surface area contributed by atoms with Crippen LogP contribution in [0.1, 0.15) is 44.9 Å². The zero-order valence-electron chi connectivity index (χ0n) is 17.1. The molecule has 2 heterocycles. The molecule has 0 spiro atoms. The highest BCUT2D eigenvalue weighted by Gasteiger charge is 2.59. The predicted octanol–water partition coefficient (Wildman–Crippen LogP) is 0.704. The second-order valence-corrected chi connectivity index (χ2v) is 8.80. The van der Waals surface area contributed by atoms with Gasteiger partial charge in [0, 0.05) is 31.3 Å². The van der Waals surface area contributed by atoms with Crippen LogP contribution < -0.4 is 0 Å². The van der Waals surface area contributed by atoms with E-state index in [1.807, 2.05) is 0 Å². The molecule has 8 nitrogen and oxygen atoms in total. The molecule has 4 fully saturated rings. The van der Waals surface area contributed by atoms with Crippen LogP contribution >= 0.6 is 0 Å². The molecular weight excluding hydrogens is 388 g/mol. The second-order valence-electron chi connectivity index (χ2n) is 8.80. The summed E-state index contributed by atoms with van der Waals surface area (Å²) in [5, 5.41) is 25.5. The number of amides is 2. The van der Waals surface area contributed by atoms with Crippen molar-refractivity contribution in [2.75, 3.05) is 19.8 Å². The summed E-state index contributed by atoms with van der Waals surface area (Å²) >= 11 is 0. The van der Waals surface area contributed by atoms with E-state index < -0.39 is 30.0 Å². The molecule has 2 saturated carbocycles. The van der Waals surface area contributed by atoms with Gasteiger partial charge in [-0.15, -0.1) is 12.3 Å². The Kier molecular flexibility index (Phi) is 6.42. The second kappa shape index (κ2) is 9.04. The summed E-state index contributed by atoms with van der Waals surface area (Å²) < 4.78 is 5.62. The average molecular weight is 418 g/mol. The number of terminal acetylenes is 1. The lowest BCUT2D eigenvalue weighted by molar-refractivity contribution is -0.143. The van der Waals surface area contributed by atoms with Gasteiger partial charge in [0.1, 0.15) is 6.61 Å². The van der Waals surface area contributed by atoms with Crippen molar-refractivity contribution in [1.29, 1.82) is 0 Å². The number of unbranched alkanes of at least 4 members (excludes halogenated alkanes) is 1. The Labute approximate surface area is 176 Å². The van der Waals surface area contributed by atoms with Gasteiger partial charge in [0.15, 0.2) is 0 Å². The number of carbonyl (C=O) groups is 2. The highest BCUT2D eigenvalue weighted by atomic mass is 16.6. The number of rotatable bonds is 6. The molecule has 7 atom stereocenters. The summed E-state index contributed by atoms with van der Waals surface area (Å²) in [4.78, 5) is 33.0. The fraction of sp³-hybridized carbons (Fsp3) is 0.773. The Balaban J connectivity index is 1.52.